The number of nitrogens with zero attached hydrogens (tertiary/aromatic N) is 1. The van der Waals surface area contributed by atoms with Gasteiger partial charge in [-0.3, -0.25) is 0 Å². The molecule has 0 atom stereocenters. The smallest absolute Gasteiger partial charge is 0.342 e. The SMILES string of the molecule is CCOC(=O)c1c(N)nc(N)c2cc(F)ccc12. The number of hydrogen-bond acceptors (Lipinski definition) is 5. The van der Waals surface area contributed by atoms with Crippen LogP contribution in [0.2, 0.25) is 0 Å². The second-order valence-electron chi connectivity index (χ2n) is 3.67. The molecule has 1 aromatic carbocycles. The molecule has 4 N–H and O–H groups in total. The van der Waals surface area contributed by atoms with Crippen LogP contribution in [-0.2, 0) is 4.74 Å². The summed E-state index contributed by atoms with van der Waals surface area (Å²) in [6.07, 6.45) is 0. The molecule has 0 unspecified atom stereocenters. The zero-order chi connectivity index (χ0) is 13.3. The number of rotatable bonds is 2. The van der Waals surface area contributed by atoms with Gasteiger partial charge >= 0.3 is 5.97 Å². The number of pyridine rings is 1. The maximum absolute atomic E-state index is 13.2. The molecule has 0 aliphatic carbocycles. The molecule has 94 valence electrons. The Balaban J connectivity index is 2.76. The predicted octanol–water partition coefficient (Wildman–Crippen LogP) is 1.71. The topological polar surface area (TPSA) is 91.2 Å². The highest BCUT2D eigenvalue weighted by Gasteiger charge is 2.18. The number of halogens is 1. The number of benzene rings is 1. The number of nitrogen functional groups attached to an aromatic ring is 2. The lowest BCUT2D eigenvalue weighted by Gasteiger charge is -2.10. The van der Waals surface area contributed by atoms with Crippen LogP contribution in [0.4, 0.5) is 16.0 Å². The first kappa shape index (κ1) is 12.1. The fourth-order valence-electron chi connectivity index (χ4n) is 1.75. The van der Waals surface area contributed by atoms with Crippen molar-refractivity contribution < 1.29 is 13.9 Å². The summed E-state index contributed by atoms with van der Waals surface area (Å²) in [5.41, 5.74) is 11.4. The highest BCUT2D eigenvalue weighted by molar-refractivity contribution is 6.10. The molecule has 2 rings (SSSR count). The molecule has 6 heteroatoms. The maximum atomic E-state index is 13.2. The lowest BCUT2D eigenvalue weighted by atomic mass is 10.1. The van der Waals surface area contributed by atoms with E-state index in [0.717, 1.165) is 0 Å². The molecule has 0 fully saturated rings. The van der Waals surface area contributed by atoms with Crippen molar-refractivity contribution in [2.24, 2.45) is 0 Å². The Labute approximate surface area is 103 Å². The molecule has 18 heavy (non-hydrogen) atoms. The molecule has 1 aromatic heterocycles. The minimum Gasteiger partial charge on any atom is -0.462 e. The van der Waals surface area contributed by atoms with Gasteiger partial charge in [0.15, 0.2) is 0 Å². The van der Waals surface area contributed by atoms with Crippen molar-refractivity contribution in [2.75, 3.05) is 18.1 Å². The van der Waals surface area contributed by atoms with E-state index in [2.05, 4.69) is 4.98 Å². The van der Waals surface area contributed by atoms with Gasteiger partial charge in [-0.1, -0.05) is 6.07 Å². The maximum Gasteiger partial charge on any atom is 0.342 e. The largest absolute Gasteiger partial charge is 0.462 e. The first-order chi connectivity index (χ1) is 8.54. The van der Waals surface area contributed by atoms with Crippen LogP contribution in [0.15, 0.2) is 18.2 Å². The van der Waals surface area contributed by atoms with Crippen LogP contribution in [0.5, 0.6) is 0 Å². The number of anilines is 2. The summed E-state index contributed by atoms with van der Waals surface area (Å²) >= 11 is 0. The van der Waals surface area contributed by atoms with Gasteiger partial charge in [0.1, 0.15) is 23.0 Å². The Bertz CT molecular complexity index is 628. The summed E-state index contributed by atoms with van der Waals surface area (Å²) < 4.78 is 18.1. The Hall–Kier alpha value is -2.37. The van der Waals surface area contributed by atoms with Crippen LogP contribution in [0.1, 0.15) is 17.3 Å². The van der Waals surface area contributed by atoms with Crippen molar-refractivity contribution in [3.8, 4) is 0 Å². The quantitative estimate of drug-likeness (QED) is 0.790. The third-order valence-electron chi connectivity index (χ3n) is 2.50. The van der Waals surface area contributed by atoms with E-state index in [1.807, 2.05) is 0 Å². The van der Waals surface area contributed by atoms with Gasteiger partial charge in [-0.15, -0.1) is 0 Å². The van der Waals surface area contributed by atoms with Crippen molar-refractivity contribution >= 4 is 28.4 Å². The average molecular weight is 249 g/mol. The molecule has 1 heterocycles. The molecule has 5 nitrogen and oxygen atoms in total. The van der Waals surface area contributed by atoms with Gasteiger partial charge in [0.25, 0.3) is 0 Å². The van der Waals surface area contributed by atoms with E-state index in [0.29, 0.717) is 10.8 Å². The molecule has 0 aliphatic heterocycles. The third-order valence-corrected chi connectivity index (χ3v) is 2.50. The van der Waals surface area contributed by atoms with Gasteiger partial charge in [0.2, 0.25) is 0 Å². The van der Waals surface area contributed by atoms with Crippen LogP contribution in [0.25, 0.3) is 10.8 Å². The van der Waals surface area contributed by atoms with Crippen molar-refractivity contribution in [1.29, 1.82) is 0 Å². The van der Waals surface area contributed by atoms with E-state index in [4.69, 9.17) is 16.2 Å². The van der Waals surface area contributed by atoms with E-state index < -0.39 is 11.8 Å². The molecular weight excluding hydrogens is 237 g/mol. The molecule has 0 spiro atoms. The van der Waals surface area contributed by atoms with Crippen LogP contribution in [-0.4, -0.2) is 17.6 Å². The minimum atomic E-state index is -0.598. The summed E-state index contributed by atoms with van der Waals surface area (Å²) in [5, 5.41) is 0.770. The van der Waals surface area contributed by atoms with Gasteiger partial charge in [-0.2, -0.15) is 0 Å². The van der Waals surface area contributed by atoms with Gasteiger partial charge < -0.3 is 16.2 Å². The summed E-state index contributed by atoms with van der Waals surface area (Å²) in [5.74, 6) is -1.00. The summed E-state index contributed by atoms with van der Waals surface area (Å²) in [7, 11) is 0. The van der Waals surface area contributed by atoms with Crippen LogP contribution in [0, 0.1) is 5.82 Å². The Morgan fingerprint density at radius 2 is 2.06 bits per heavy atom. The number of hydrogen-bond donors (Lipinski definition) is 2. The van der Waals surface area contributed by atoms with Crippen molar-refractivity contribution in [3.05, 3.63) is 29.6 Å². The van der Waals surface area contributed by atoms with Crippen LogP contribution < -0.4 is 11.5 Å². The van der Waals surface area contributed by atoms with E-state index in [1.165, 1.54) is 18.2 Å². The zero-order valence-corrected chi connectivity index (χ0v) is 9.74. The Morgan fingerprint density at radius 3 is 2.72 bits per heavy atom. The highest BCUT2D eigenvalue weighted by atomic mass is 19.1. The van der Waals surface area contributed by atoms with Gasteiger partial charge in [-0.05, 0) is 19.1 Å². The normalized spacial score (nSPS) is 10.6. The van der Waals surface area contributed by atoms with Crippen LogP contribution >= 0.6 is 0 Å². The van der Waals surface area contributed by atoms with Crippen molar-refractivity contribution in [3.63, 3.8) is 0 Å². The second kappa shape index (κ2) is 4.48. The van der Waals surface area contributed by atoms with Gasteiger partial charge in [0, 0.05) is 10.8 Å². The summed E-state index contributed by atoms with van der Waals surface area (Å²) in [4.78, 5) is 15.6. The molecular formula is C12H12FN3O2. The Kier molecular flexibility index (Phi) is 3.01. The number of ether oxygens (including phenoxy) is 1. The molecule has 0 bridgehead atoms. The number of esters is 1. The first-order valence-electron chi connectivity index (χ1n) is 5.36. The highest BCUT2D eigenvalue weighted by Crippen LogP contribution is 2.28. The molecule has 0 aliphatic rings. The Morgan fingerprint density at radius 1 is 1.33 bits per heavy atom. The number of fused-ring (bicyclic) bond motifs is 1. The second-order valence-corrected chi connectivity index (χ2v) is 3.67. The third kappa shape index (κ3) is 1.92. The standard InChI is InChI=1S/C12H12FN3O2/c1-2-18-12(17)9-7-4-3-6(13)5-8(7)10(14)16-11(9)15/h3-5H,2H2,1H3,(H4,14,15,16). The number of carbonyl (C=O) groups excluding carboxylic acids is 1. The average Bonchev–Trinajstić information content (AvgIpc) is 2.30. The number of nitrogens with two attached hydrogens (primary N) is 2. The van der Waals surface area contributed by atoms with Crippen molar-refractivity contribution in [1.82, 2.24) is 4.98 Å². The van der Waals surface area contributed by atoms with E-state index in [-0.39, 0.29) is 23.8 Å². The van der Waals surface area contributed by atoms with E-state index in [9.17, 15) is 9.18 Å². The molecule has 2 aromatic rings. The van der Waals surface area contributed by atoms with E-state index in [1.54, 1.807) is 6.92 Å². The fourth-order valence-corrected chi connectivity index (χ4v) is 1.75. The molecule has 0 amide bonds. The van der Waals surface area contributed by atoms with Crippen molar-refractivity contribution in [2.45, 2.75) is 6.92 Å². The molecule has 0 saturated carbocycles. The monoisotopic (exact) mass is 249 g/mol. The number of carbonyl (C=O) groups is 1. The number of aromatic nitrogens is 1. The lowest BCUT2D eigenvalue weighted by molar-refractivity contribution is 0.0529. The zero-order valence-electron chi connectivity index (χ0n) is 9.74. The minimum absolute atomic E-state index is 0.0231. The summed E-state index contributed by atoms with van der Waals surface area (Å²) in [6, 6.07) is 3.87. The lowest BCUT2D eigenvalue weighted by Crippen LogP contribution is -2.11. The fraction of sp³-hybridized carbons (Fsp3) is 0.167. The van der Waals surface area contributed by atoms with Crippen LogP contribution in [0.3, 0.4) is 0 Å². The van der Waals surface area contributed by atoms with Gasteiger partial charge in [0.05, 0.1) is 6.61 Å². The summed E-state index contributed by atoms with van der Waals surface area (Å²) in [6.45, 7) is 1.89. The molecule has 0 radical (unpaired) electrons. The van der Waals surface area contributed by atoms with Gasteiger partial charge in [-0.25, -0.2) is 14.2 Å². The predicted molar refractivity (Wildman–Crippen MR) is 66.5 cm³/mol. The van der Waals surface area contributed by atoms with E-state index >= 15 is 0 Å². The first-order valence-corrected chi connectivity index (χ1v) is 5.36. The molecule has 0 saturated heterocycles.